The van der Waals surface area contributed by atoms with E-state index in [1.54, 1.807) is 0 Å². The summed E-state index contributed by atoms with van der Waals surface area (Å²) in [6.07, 6.45) is 0. The van der Waals surface area contributed by atoms with Gasteiger partial charge in [-0.25, -0.2) is 0 Å². The number of benzene rings is 11. The summed E-state index contributed by atoms with van der Waals surface area (Å²) in [5, 5.41) is 9.75. The van der Waals surface area contributed by atoms with Crippen molar-refractivity contribution < 1.29 is 4.42 Å². The Labute approximate surface area is 376 Å². The van der Waals surface area contributed by atoms with Crippen molar-refractivity contribution in [3.05, 3.63) is 243 Å². The van der Waals surface area contributed by atoms with Gasteiger partial charge in [-0.15, -0.1) is 0 Å². The second-order valence-corrected chi connectivity index (χ2v) is 16.9. The average molecular weight is 829 g/mol. The Kier molecular flexibility index (Phi) is 8.53. The molecule has 65 heavy (non-hydrogen) atoms. The predicted molar refractivity (Wildman–Crippen MR) is 274 cm³/mol. The quantitative estimate of drug-likeness (QED) is 0.149. The van der Waals surface area contributed by atoms with Gasteiger partial charge in [-0.1, -0.05) is 164 Å². The van der Waals surface area contributed by atoms with Crippen molar-refractivity contribution in [2.75, 3.05) is 4.90 Å². The Morgan fingerprint density at radius 1 is 0.308 bits per heavy atom. The summed E-state index contributed by atoms with van der Waals surface area (Å²) in [6.45, 7) is 0. The summed E-state index contributed by atoms with van der Waals surface area (Å²) in [5.74, 6) is 0. The smallest absolute Gasteiger partial charge is 0.136 e. The highest BCUT2D eigenvalue weighted by Crippen LogP contribution is 2.45. The van der Waals surface area contributed by atoms with Crippen LogP contribution in [0.15, 0.2) is 247 Å². The zero-order valence-electron chi connectivity index (χ0n) is 35.4. The van der Waals surface area contributed by atoms with E-state index in [2.05, 4.69) is 240 Å². The van der Waals surface area contributed by atoms with Crippen molar-refractivity contribution in [1.82, 2.24) is 4.57 Å². The standard InChI is InChI=1S/C62H40N2O/c1-2-20-49-44(15-1)39-57(52-23-4-3-22-51(49)52)43-17-14-18-47(38-43)63(58-27-9-5-21-50(58)45-33-36-56-55-26-8-12-30-61(55)65-62(56)40-45)46-34-31-41(32-35-46)42-16-13-19-48(37-42)64-59-28-10-6-24-53(59)54-25-7-11-29-60(54)64/h1-40H. The molecule has 0 unspecified atom stereocenters. The van der Waals surface area contributed by atoms with Gasteiger partial charge in [0.15, 0.2) is 0 Å². The van der Waals surface area contributed by atoms with Crippen LogP contribution in [0.5, 0.6) is 0 Å². The number of rotatable bonds is 7. The summed E-state index contributed by atoms with van der Waals surface area (Å²) < 4.78 is 8.81. The normalized spacial score (nSPS) is 11.7. The summed E-state index contributed by atoms with van der Waals surface area (Å²) >= 11 is 0. The number of hydrogen-bond acceptors (Lipinski definition) is 2. The van der Waals surface area contributed by atoms with Crippen molar-refractivity contribution in [3.8, 4) is 39.1 Å². The first-order chi connectivity index (χ1) is 32.2. The van der Waals surface area contributed by atoms with Gasteiger partial charge >= 0.3 is 0 Å². The maximum Gasteiger partial charge on any atom is 0.136 e. The van der Waals surface area contributed by atoms with Crippen LogP contribution < -0.4 is 4.90 Å². The molecule has 0 fully saturated rings. The Morgan fingerprint density at radius 3 is 1.72 bits per heavy atom. The molecule has 11 aromatic carbocycles. The lowest BCUT2D eigenvalue weighted by Gasteiger charge is -2.28. The van der Waals surface area contributed by atoms with Crippen LogP contribution in [0.1, 0.15) is 0 Å². The molecule has 0 saturated heterocycles. The molecule has 0 aliphatic rings. The molecule has 3 nitrogen and oxygen atoms in total. The number of para-hydroxylation sites is 4. The Morgan fingerprint density at radius 2 is 0.908 bits per heavy atom. The second-order valence-electron chi connectivity index (χ2n) is 16.9. The molecule has 304 valence electrons. The minimum absolute atomic E-state index is 0.878. The van der Waals surface area contributed by atoms with Gasteiger partial charge in [-0.3, -0.25) is 0 Å². The summed E-state index contributed by atoms with van der Waals surface area (Å²) in [4.78, 5) is 2.41. The lowest BCUT2D eigenvalue weighted by molar-refractivity contribution is 0.669. The lowest BCUT2D eigenvalue weighted by atomic mass is 9.93. The second kappa shape index (κ2) is 15.0. The van der Waals surface area contributed by atoms with Gasteiger partial charge in [0.25, 0.3) is 0 Å². The first-order valence-electron chi connectivity index (χ1n) is 22.2. The lowest BCUT2D eigenvalue weighted by Crippen LogP contribution is -2.11. The predicted octanol–water partition coefficient (Wildman–Crippen LogP) is 17.5. The number of aromatic nitrogens is 1. The molecule has 2 aromatic heterocycles. The first kappa shape index (κ1) is 36.9. The average Bonchev–Trinajstić information content (AvgIpc) is 3.92. The van der Waals surface area contributed by atoms with E-state index in [4.69, 9.17) is 4.42 Å². The molecule has 0 radical (unpaired) electrons. The third kappa shape index (κ3) is 6.12. The van der Waals surface area contributed by atoms with Crippen LogP contribution in [0.3, 0.4) is 0 Å². The number of anilines is 3. The van der Waals surface area contributed by atoms with E-state index < -0.39 is 0 Å². The molecule has 3 heteroatoms. The number of furan rings is 1. The van der Waals surface area contributed by atoms with Crippen LogP contribution in [0, 0.1) is 0 Å². The van der Waals surface area contributed by atoms with Gasteiger partial charge in [0.1, 0.15) is 11.2 Å². The molecule has 0 aliphatic heterocycles. The molecular formula is C62H40N2O. The summed E-state index contributed by atoms with van der Waals surface area (Å²) in [5.41, 5.74) is 15.4. The molecule has 0 spiro atoms. The minimum atomic E-state index is 0.878. The van der Waals surface area contributed by atoms with Crippen LogP contribution in [-0.4, -0.2) is 4.57 Å². The third-order valence-electron chi connectivity index (χ3n) is 13.2. The van der Waals surface area contributed by atoms with E-state index in [-0.39, 0.29) is 0 Å². The Bertz CT molecular complexity index is 3910. The number of fused-ring (bicyclic) bond motifs is 9. The molecule has 0 atom stereocenters. The van der Waals surface area contributed by atoms with E-state index >= 15 is 0 Å². The fourth-order valence-corrected chi connectivity index (χ4v) is 10.2. The molecule has 0 N–H and O–H groups in total. The van der Waals surface area contributed by atoms with Crippen molar-refractivity contribution in [3.63, 3.8) is 0 Å². The van der Waals surface area contributed by atoms with Gasteiger partial charge < -0.3 is 13.9 Å². The molecule has 0 aliphatic carbocycles. The first-order valence-corrected chi connectivity index (χ1v) is 22.2. The zero-order valence-corrected chi connectivity index (χ0v) is 35.4. The highest BCUT2D eigenvalue weighted by atomic mass is 16.3. The summed E-state index contributed by atoms with van der Waals surface area (Å²) in [7, 11) is 0. The maximum absolute atomic E-state index is 6.43. The minimum Gasteiger partial charge on any atom is -0.456 e. The monoisotopic (exact) mass is 828 g/mol. The van der Waals surface area contributed by atoms with Crippen molar-refractivity contribution in [2.24, 2.45) is 0 Å². The largest absolute Gasteiger partial charge is 0.456 e. The SMILES string of the molecule is c1cc(-c2cc3ccccc3c3ccccc23)cc(N(c2ccc(-c3cccc(-n4c5ccccc5c5ccccc54)c3)cc2)c2ccccc2-c2ccc3c(c2)oc2ccccc23)c1. The molecular weight excluding hydrogens is 789 g/mol. The van der Waals surface area contributed by atoms with Gasteiger partial charge in [0, 0.05) is 44.2 Å². The van der Waals surface area contributed by atoms with Crippen LogP contribution in [0.4, 0.5) is 17.1 Å². The third-order valence-corrected chi connectivity index (χ3v) is 13.2. The van der Waals surface area contributed by atoms with Gasteiger partial charge in [-0.05, 0) is 128 Å². The van der Waals surface area contributed by atoms with Crippen LogP contribution in [0.2, 0.25) is 0 Å². The van der Waals surface area contributed by atoms with Gasteiger partial charge in [0.2, 0.25) is 0 Å². The Hall–Kier alpha value is -8.66. The van der Waals surface area contributed by atoms with E-state index in [9.17, 15) is 0 Å². The molecule has 0 amide bonds. The van der Waals surface area contributed by atoms with E-state index in [1.165, 1.54) is 48.9 Å². The molecule has 2 heterocycles. The van der Waals surface area contributed by atoms with Crippen molar-refractivity contribution >= 4 is 82.4 Å². The molecule has 0 bridgehead atoms. The maximum atomic E-state index is 6.43. The fraction of sp³-hybridized carbons (Fsp3) is 0. The molecule has 13 rings (SSSR count). The van der Waals surface area contributed by atoms with Crippen molar-refractivity contribution in [1.29, 1.82) is 0 Å². The fourth-order valence-electron chi connectivity index (χ4n) is 10.2. The zero-order chi connectivity index (χ0) is 42.8. The molecule has 0 saturated carbocycles. The van der Waals surface area contributed by atoms with Gasteiger partial charge in [-0.2, -0.15) is 0 Å². The van der Waals surface area contributed by atoms with Crippen LogP contribution >= 0.6 is 0 Å². The highest BCUT2D eigenvalue weighted by Gasteiger charge is 2.20. The Balaban J connectivity index is 0.962. The van der Waals surface area contributed by atoms with Crippen LogP contribution in [-0.2, 0) is 0 Å². The van der Waals surface area contributed by atoms with Crippen LogP contribution in [0.25, 0.3) is 104 Å². The topological polar surface area (TPSA) is 21.3 Å². The molecule has 13 aromatic rings. The summed E-state index contributed by atoms with van der Waals surface area (Å²) in [6, 6.07) is 87.8. The van der Waals surface area contributed by atoms with E-state index in [1.807, 2.05) is 12.1 Å². The van der Waals surface area contributed by atoms with Crippen molar-refractivity contribution in [2.45, 2.75) is 0 Å². The highest BCUT2D eigenvalue weighted by molar-refractivity contribution is 6.14. The number of hydrogen-bond donors (Lipinski definition) is 0. The van der Waals surface area contributed by atoms with E-state index in [0.717, 1.165) is 72.5 Å². The number of nitrogens with zero attached hydrogens (tertiary/aromatic N) is 2. The van der Waals surface area contributed by atoms with E-state index in [0.29, 0.717) is 0 Å². The van der Waals surface area contributed by atoms with Gasteiger partial charge in [0.05, 0.1) is 16.7 Å².